The zero-order chi connectivity index (χ0) is 13.2. The molecule has 0 saturated heterocycles. The third-order valence-electron chi connectivity index (χ3n) is 3.42. The van der Waals surface area contributed by atoms with E-state index in [0.29, 0.717) is 5.56 Å². The highest BCUT2D eigenvalue weighted by molar-refractivity contribution is 5.82. The molecule has 2 heterocycles. The number of pyridine rings is 1. The van der Waals surface area contributed by atoms with E-state index in [0.717, 1.165) is 31.6 Å². The minimum atomic E-state index is 0.240. The molecule has 2 rings (SSSR count). The lowest BCUT2D eigenvalue weighted by Gasteiger charge is -2.33. The lowest BCUT2D eigenvalue weighted by atomic mass is 9.83. The molecule has 0 N–H and O–H groups in total. The molecule has 0 spiro atoms. The van der Waals surface area contributed by atoms with Crippen LogP contribution in [0.25, 0.3) is 0 Å². The summed E-state index contributed by atoms with van der Waals surface area (Å²) in [5.74, 6) is 0.803. The average Bonchev–Trinajstić information content (AvgIpc) is 2.38. The van der Waals surface area contributed by atoms with Crippen molar-refractivity contribution < 1.29 is 4.79 Å². The summed E-state index contributed by atoms with van der Waals surface area (Å²) >= 11 is 0. The second-order valence-electron chi connectivity index (χ2n) is 5.71. The van der Waals surface area contributed by atoms with Gasteiger partial charge < -0.3 is 4.90 Å². The fraction of sp³-hybridized carbons (Fsp3) is 0.467. The number of anilines is 1. The van der Waals surface area contributed by atoms with Crippen LogP contribution in [0.4, 0.5) is 5.82 Å². The van der Waals surface area contributed by atoms with Crippen molar-refractivity contribution in [2.24, 2.45) is 5.41 Å². The van der Waals surface area contributed by atoms with E-state index in [9.17, 15) is 4.79 Å². The van der Waals surface area contributed by atoms with E-state index in [1.807, 2.05) is 6.07 Å². The first-order chi connectivity index (χ1) is 8.52. The summed E-state index contributed by atoms with van der Waals surface area (Å²) in [5.41, 5.74) is 2.40. The van der Waals surface area contributed by atoms with Crippen molar-refractivity contribution in [2.45, 2.75) is 27.2 Å². The van der Waals surface area contributed by atoms with Gasteiger partial charge in [0.05, 0.1) is 5.56 Å². The second kappa shape index (κ2) is 4.92. The molecule has 1 aliphatic rings. The lowest BCUT2D eigenvalue weighted by molar-refractivity contribution is 0.112. The summed E-state index contributed by atoms with van der Waals surface area (Å²) in [5, 5.41) is 0. The SMILES string of the molecule is CC(C)(C)C1=CCN(c2ncccc2C=O)CC1. The predicted molar refractivity (Wildman–Crippen MR) is 74.0 cm³/mol. The third kappa shape index (κ3) is 2.61. The number of rotatable bonds is 2. The van der Waals surface area contributed by atoms with Crippen molar-refractivity contribution in [1.82, 2.24) is 4.98 Å². The molecule has 0 unspecified atom stereocenters. The van der Waals surface area contributed by atoms with Gasteiger partial charge >= 0.3 is 0 Å². The highest BCUT2D eigenvalue weighted by atomic mass is 16.1. The Morgan fingerprint density at radius 3 is 2.72 bits per heavy atom. The Hall–Kier alpha value is -1.64. The largest absolute Gasteiger partial charge is 0.352 e. The maximum Gasteiger partial charge on any atom is 0.153 e. The summed E-state index contributed by atoms with van der Waals surface area (Å²) in [4.78, 5) is 17.5. The molecule has 0 saturated carbocycles. The average molecular weight is 244 g/mol. The smallest absolute Gasteiger partial charge is 0.153 e. The first-order valence-corrected chi connectivity index (χ1v) is 6.37. The predicted octanol–water partition coefficient (Wildman–Crippen LogP) is 3.08. The maximum atomic E-state index is 11.0. The molecule has 18 heavy (non-hydrogen) atoms. The van der Waals surface area contributed by atoms with Gasteiger partial charge in [0.1, 0.15) is 5.82 Å². The monoisotopic (exact) mass is 244 g/mol. The fourth-order valence-electron chi connectivity index (χ4n) is 2.31. The first kappa shape index (κ1) is 12.8. The fourth-order valence-corrected chi connectivity index (χ4v) is 2.31. The van der Waals surface area contributed by atoms with Crippen LogP contribution in [0, 0.1) is 5.41 Å². The van der Waals surface area contributed by atoms with Crippen LogP contribution in [0.2, 0.25) is 0 Å². The van der Waals surface area contributed by atoms with Gasteiger partial charge in [0.2, 0.25) is 0 Å². The third-order valence-corrected chi connectivity index (χ3v) is 3.42. The molecule has 0 bridgehead atoms. The van der Waals surface area contributed by atoms with Gasteiger partial charge in [-0.2, -0.15) is 0 Å². The number of nitrogens with zero attached hydrogens (tertiary/aromatic N) is 2. The Kier molecular flexibility index (Phi) is 3.50. The van der Waals surface area contributed by atoms with Gasteiger partial charge in [-0.25, -0.2) is 4.98 Å². The quantitative estimate of drug-likeness (QED) is 0.592. The van der Waals surface area contributed by atoms with Crippen LogP contribution >= 0.6 is 0 Å². The van der Waals surface area contributed by atoms with Crippen molar-refractivity contribution in [1.29, 1.82) is 0 Å². The first-order valence-electron chi connectivity index (χ1n) is 6.37. The topological polar surface area (TPSA) is 33.2 Å². The van der Waals surface area contributed by atoms with Crippen LogP contribution in [0.3, 0.4) is 0 Å². The van der Waals surface area contributed by atoms with Gasteiger partial charge in [0.25, 0.3) is 0 Å². The van der Waals surface area contributed by atoms with Gasteiger partial charge in [-0.1, -0.05) is 32.4 Å². The Labute approximate surface area is 109 Å². The zero-order valence-corrected chi connectivity index (χ0v) is 11.3. The molecular formula is C15H20N2O. The van der Waals surface area contributed by atoms with E-state index in [1.54, 1.807) is 12.3 Å². The van der Waals surface area contributed by atoms with Crippen LogP contribution in [-0.2, 0) is 0 Å². The van der Waals surface area contributed by atoms with Crippen molar-refractivity contribution in [2.75, 3.05) is 18.0 Å². The Morgan fingerprint density at radius 1 is 1.39 bits per heavy atom. The Morgan fingerprint density at radius 2 is 2.17 bits per heavy atom. The summed E-state index contributed by atoms with van der Waals surface area (Å²) in [6, 6.07) is 3.62. The molecule has 0 fully saturated rings. The highest BCUT2D eigenvalue weighted by Gasteiger charge is 2.22. The van der Waals surface area contributed by atoms with Crippen molar-refractivity contribution in [3.8, 4) is 0 Å². The van der Waals surface area contributed by atoms with Crippen LogP contribution in [-0.4, -0.2) is 24.4 Å². The number of carbonyl (C=O) groups is 1. The molecule has 3 heteroatoms. The minimum absolute atomic E-state index is 0.240. The van der Waals surface area contributed by atoms with Crippen LogP contribution in [0.15, 0.2) is 30.0 Å². The van der Waals surface area contributed by atoms with E-state index in [-0.39, 0.29) is 5.41 Å². The highest BCUT2D eigenvalue weighted by Crippen LogP contribution is 2.31. The number of hydrogen-bond donors (Lipinski definition) is 0. The van der Waals surface area contributed by atoms with Crippen LogP contribution < -0.4 is 4.90 Å². The molecule has 0 atom stereocenters. The number of aldehydes is 1. The van der Waals surface area contributed by atoms with E-state index in [2.05, 4.69) is 36.7 Å². The second-order valence-corrected chi connectivity index (χ2v) is 5.71. The van der Waals surface area contributed by atoms with Crippen molar-refractivity contribution in [3.05, 3.63) is 35.5 Å². The van der Waals surface area contributed by atoms with Crippen LogP contribution in [0.5, 0.6) is 0 Å². The van der Waals surface area contributed by atoms with Crippen molar-refractivity contribution in [3.63, 3.8) is 0 Å². The number of carbonyl (C=O) groups excluding carboxylic acids is 1. The number of aromatic nitrogens is 1. The lowest BCUT2D eigenvalue weighted by Crippen LogP contribution is -2.32. The van der Waals surface area contributed by atoms with Crippen LogP contribution in [0.1, 0.15) is 37.6 Å². The molecule has 0 amide bonds. The summed E-state index contributed by atoms with van der Waals surface area (Å²) in [7, 11) is 0. The molecular weight excluding hydrogens is 224 g/mol. The van der Waals surface area contributed by atoms with Gasteiger partial charge in [-0.05, 0) is 24.0 Å². The maximum absolute atomic E-state index is 11.0. The normalized spacial score (nSPS) is 16.4. The van der Waals surface area contributed by atoms with Gasteiger partial charge in [0, 0.05) is 19.3 Å². The Balaban J connectivity index is 2.19. The van der Waals surface area contributed by atoms with E-state index >= 15 is 0 Å². The molecule has 1 aromatic heterocycles. The van der Waals surface area contributed by atoms with E-state index in [1.165, 1.54) is 5.57 Å². The standard InChI is InChI=1S/C15H20N2O/c1-15(2,3)13-6-9-17(10-7-13)14-12(11-18)5-4-8-16-14/h4-6,8,11H,7,9-10H2,1-3H3. The molecule has 96 valence electrons. The minimum Gasteiger partial charge on any atom is -0.352 e. The van der Waals surface area contributed by atoms with E-state index in [4.69, 9.17) is 0 Å². The summed E-state index contributed by atoms with van der Waals surface area (Å²) < 4.78 is 0. The molecule has 0 aliphatic carbocycles. The summed E-state index contributed by atoms with van der Waals surface area (Å²) in [6.07, 6.45) is 5.93. The Bertz CT molecular complexity index is 472. The van der Waals surface area contributed by atoms with Gasteiger partial charge in [0.15, 0.2) is 6.29 Å². The number of hydrogen-bond acceptors (Lipinski definition) is 3. The molecule has 1 aromatic rings. The molecule has 3 nitrogen and oxygen atoms in total. The van der Waals surface area contributed by atoms with Crippen molar-refractivity contribution >= 4 is 12.1 Å². The summed E-state index contributed by atoms with van der Waals surface area (Å²) in [6.45, 7) is 8.50. The van der Waals surface area contributed by atoms with Gasteiger partial charge in [-0.15, -0.1) is 0 Å². The zero-order valence-electron chi connectivity index (χ0n) is 11.3. The molecule has 1 aliphatic heterocycles. The van der Waals surface area contributed by atoms with E-state index < -0.39 is 0 Å². The molecule has 0 radical (unpaired) electrons. The molecule has 0 aromatic carbocycles. The van der Waals surface area contributed by atoms with Gasteiger partial charge in [-0.3, -0.25) is 4.79 Å².